The maximum Gasteiger partial charge on any atom is 3.00 e. The first-order chi connectivity index (χ1) is 23.8. The van der Waals surface area contributed by atoms with Gasteiger partial charge in [0.25, 0.3) is 0 Å². The number of halogens is 3. The van der Waals surface area contributed by atoms with Gasteiger partial charge >= 0.3 is 17.1 Å². The molecule has 0 fully saturated rings. The molecule has 7 aromatic rings. The SMILES string of the molecule is C1=Cc2cc3c(-c4ccccc4)c(-c4ccccc4)c(c(-c4ccccc4)c4nc(cc5ccc(cc1n2)[nH]5)C=C4)n3-c1ccccc1.[Cl-].[Cl-].[Cl-].[Mn+3]. The first-order valence-electron chi connectivity index (χ1n) is 16.2. The van der Waals surface area contributed by atoms with Crippen LogP contribution in [-0.2, 0) is 17.1 Å². The second-order valence-electron chi connectivity index (χ2n) is 12.0. The zero-order valence-corrected chi connectivity index (χ0v) is 31.0. The normalized spacial score (nSPS) is 11.1. The second kappa shape index (κ2) is 16.5. The molecule has 4 nitrogen and oxygen atoms in total. The Morgan fingerprint density at radius 3 is 1.42 bits per heavy atom. The Morgan fingerprint density at radius 1 is 0.423 bits per heavy atom. The minimum atomic E-state index is 0. The smallest absolute Gasteiger partial charge is 1.00 e. The van der Waals surface area contributed by atoms with Crippen molar-refractivity contribution < 1.29 is 54.3 Å². The molecular weight excluding hydrogens is 746 g/mol. The molecule has 9 rings (SSSR count). The molecule has 5 heterocycles. The molecule has 4 aromatic carbocycles. The Hall–Kier alpha value is -5.13. The molecule has 0 spiro atoms. The molecular formula is C44H30Cl3MnN4. The van der Waals surface area contributed by atoms with Gasteiger partial charge in [-0.15, -0.1) is 0 Å². The van der Waals surface area contributed by atoms with Crippen LogP contribution in [0.25, 0.3) is 85.4 Å². The number of para-hydroxylation sites is 1. The largest absolute Gasteiger partial charge is 3.00 e. The van der Waals surface area contributed by atoms with Crippen LogP contribution >= 0.6 is 0 Å². The number of H-pyrrole nitrogens is 1. The fourth-order valence-electron chi connectivity index (χ4n) is 6.81. The van der Waals surface area contributed by atoms with Crippen LogP contribution in [0, 0.1) is 0 Å². The molecule has 3 aromatic heterocycles. The van der Waals surface area contributed by atoms with Crippen LogP contribution in [0.5, 0.6) is 0 Å². The van der Waals surface area contributed by atoms with E-state index in [4.69, 9.17) is 9.97 Å². The third-order valence-electron chi connectivity index (χ3n) is 8.87. The van der Waals surface area contributed by atoms with Gasteiger partial charge in [-0.1, -0.05) is 109 Å². The molecule has 8 bridgehead atoms. The molecule has 0 radical (unpaired) electrons. The minimum absolute atomic E-state index is 0. The van der Waals surface area contributed by atoms with Crippen LogP contribution < -0.4 is 37.2 Å². The van der Waals surface area contributed by atoms with Crippen molar-refractivity contribution in [1.29, 1.82) is 0 Å². The van der Waals surface area contributed by atoms with Crippen LogP contribution in [0.2, 0.25) is 0 Å². The summed E-state index contributed by atoms with van der Waals surface area (Å²) in [5, 5.41) is 0. The third-order valence-corrected chi connectivity index (χ3v) is 8.87. The first kappa shape index (κ1) is 38.1. The van der Waals surface area contributed by atoms with Gasteiger partial charge in [0.05, 0.1) is 33.8 Å². The summed E-state index contributed by atoms with van der Waals surface area (Å²) in [4.78, 5) is 13.9. The molecule has 0 aliphatic carbocycles. The zero-order valence-electron chi connectivity index (χ0n) is 27.6. The summed E-state index contributed by atoms with van der Waals surface area (Å²) in [5.41, 5.74) is 15.4. The number of aromatic amines is 1. The second-order valence-corrected chi connectivity index (χ2v) is 12.0. The third kappa shape index (κ3) is 7.15. The molecule has 0 saturated heterocycles. The number of aromatic nitrogens is 4. The van der Waals surface area contributed by atoms with E-state index in [1.807, 2.05) is 0 Å². The monoisotopic (exact) mass is 774 g/mol. The van der Waals surface area contributed by atoms with Gasteiger partial charge in [-0.25, -0.2) is 9.97 Å². The standard InChI is InChI=1S/C44H30N4.3ClH.Mn/c1-5-13-30(14-6-1)41-39-26-25-36(47-39)28-35-22-21-33(45-35)27-34-23-24-37(46-34)29-40-42(31-15-7-2-8-16-31)43(32-17-9-3-10-18-32)44(41)48(40)38-19-11-4-12-20-38;;;;/h1-29,45H;3*1H;/q;;;;+3/p-3. The molecule has 0 unspecified atom stereocenters. The summed E-state index contributed by atoms with van der Waals surface area (Å²) >= 11 is 0. The Bertz CT molecular complexity index is 2550. The number of fused-ring (bicyclic) bond motifs is 8. The summed E-state index contributed by atoms with van der Waals surface area (Å²) < 4.78 is 2.41. The summed E-state index contributed by atoms with van der Waals surface area (Å²) in [7, 11) is 0. The number of hydrogen-bond acceptors (Lipinski definition) is 2. The van der Waals surface area contributed by atoms with Crippen molar-refractivity contribution in [2.45, 2.75) is 0 Å². The molecule has 2 aliphatic heterocycles. The maximum atomic E-state index is 5.29. The number of rotatable bonds is 4. The van der Waals surface area contributed by atoms with Crippen LogP contribution in [-0.4, -0.2) is 19.5 Å². The van der Waals surface area contributed by atoms with Gasteiger partial charge in [-0.3, -0.25) is 0 Å². The van der Waals surface area contributed by atoms with Gasteiger partial charge in [0, 0.05) is 33.4 Å². The topological polar surface area (TPSA) is 46.5 Å². The van der Waals surface area contributed by atoms with Crippen LogP contribution in [0.1, 0.15) is 22.8 Å². The maximum absolute atomic E-state index is 5.29. The number of nitrogens with one attached hydrogen (secondary N) is 1. The van der Waals surface area contributed by atoms with Crippen molar-refractivity contribution in [3.8, 4) is 39.1 Å². The van der Waals surface area contributed by atoms with E-state index in [9.17, 15) is 0 Å². The van der Waals surface area contributed by atoms with E-state index >= 15 is 0 Å². The first-order valence-corrected chi connectivity index (χ1v) is 16.2. The van der Waals surface area contributed by atoms with Gasteiger partial charge in [0.1, 0.15) is 0 Å². The summed E-state index contributed by atoms with van der Waals surface area (Å²) in [6.07, 6.45) is 8.44. The summed E-state index contributed by atoms with van der Waals surface area (Å²) in [6.45, 7) is 0. The van der Waals surface area contributed by atoms with Crippen molar-refractivity contribution in [3.63, 3.8) is 0 Å². The van der Waals surface area contributed by atoms with E-state index < -0.39 is 0 Å². The molecule has 52 heavy (non-hydrogen) atoms. The van der Waals surface area contributed by atoms with E-state index in [0.29, 0.717) is 0 Å². The van der Waals surface area contributed by atoms with Crippen molar-refractivity contribution in [2.75, 3.05) is 0 Å². The van der Waals surface area contributed by atoms with Gasteiger partial charge in [-0.2, -0.15) is 0 Å². The molecule has 8 heteroatoms. The quantitative estimate of drug-likeness (QED) is 0.279. The Morgan fingerprint density at radius 2 is 0.865 bits per heavy atom. The predicted octanol–water partition coefficient (Wildman–Crippen LogP) is 2.13. The molecule has 0 saturated carbocycles. The summed E-state index contributed by atoms with van der Waals surface area (Å²) in [5.74, 6) is 0. The van der Waals surface area contributed by atoms with E-state index in [1.54, 1.807) is 0 Å². The van der Waals surface area contributed by atoms with Crippen molar-refractivity contribution >= 4 is 46.4 Å². The number of nitrogens with zero attached hydrogens (tertiary/aromatic N) is 3. The zero-order chi connectivity index (χ0) is 31.9. The van der Waals surface area contributed by atoms with Gasteiger partial charge in [-0.05, 0) is 83.5 Å². The molecule has 0 amide bonds. The molecule has 1 N–H and O–H groups in total. The number of benzene rings is 4. The molecule has 0 atom stereocenters. The van der Waals surface area contributed by atoms with Crippen molar-refractivity contribution in [2.24, 2.45) is 0 Å². The fourth-order valence-corrected chi connectivity index (χ4v) is 6.81. The Kier molecular flexibility index (Phi) is 12.1. The van der Waals surface area contributed by atoms with Crippen LogP contribution in [0.15, 0.2) is 152 Å². The van der Waals surface area contributed by atoms with Gasteiger partial charge in [0.15, 0.2) is 0 Å². The molecule has 2 aliphatic rings. The average molecular weight is 776 g/mol. The van der Waals surface area contributed by atoms with E-state index in [0.717, 1.165) is 83.9 Å². The van der Waals surface area contributed by atoms with Crippen LogP contribution in [0.3, 0.4) is 0 Å². The van der Waals surface area contributed by atoms with Crippen molar-refractivity contribution in [3.05, 3.63) is 174 Å². The summed E-state index contributed by atoms with van der Waals surface area (Å²) in [6, 6.07) is 53.3. The Balaban J connectivity index is 0.00000131. The molecule has 254 valence electrons. The van der Waals surface area contributed by atoms with Crippen LogP contribution in [0.4, 0.5) is 0 Å². The fraction of sp³-hybridized carbons (Fsp3) is 0. The van der Waals surface area contributed by atoms with E-state index in [1.165, 1.54) is 0 Å². The minimum Gasteiger partial charge on any atom is -1.00 e. The van der Waals surface area contributed by atoms with Gasteiger partial charge < -0.3 is 46.8 Å². The van der Waals surface area contributed by atoms with E-state index in [-0.39, 0.29) is 54.3 Å². The Labute approximate surface area is 331 Å². The van der Waals surface area contributed by atoms with Gasteiger partial charge in [0.2, 0.25) is 0 Å². The number of hydrogen-bond donors (Lipinski definition) is 1. The predicted molar refractivity (Wildman–Crippen MR) is 200 cm³/mol. The average Bonchev–Trinajstić information content (AvgIpc) is 3.95. The van der Waals surface area contributed by atoms with Crippen molar-refractivity contribution in [1.82, 2.24) is 19.5 Å². The van der Waals surface area contributed by atoms with E-state index in [2.05, 4.69) is 186 Å².